The van der Waals surface area contributed by atoms with Gasteiger partial charge in [0.2, 0.25) is 0 Å². The molecule has 1 heterocycles. The van der Waals surface area contributed by atoms with Crippen LogP contribution in [0.5, 0.6) is 11.6 Å². The fourth-order valence-electron chi connectivity index (χ4n) is 1.59. The maximum Gasteiger partial charge on any atom is 0.339 e. The van der Waals surface area contributed by atoms with Crippen LogP contribution in [0.4, 0.5) is 0 Å². The summed E-state index contributed by atoms with van der Waals surface area (Å²) in [6, 6.07) is 1.59. The molecule has 0 N–H and O–H groups in total. The molecule has 1 rings (SSSR count). The predicted octanol–water partition coefficient (Wildman–Crippen LogP) is 2.69. The van der Waals surface area contributed by atoms with Crippen LogP contribution in [0.1, 0.15) is 37.0 Å². The van der Waals surface area contributed by atoms with Gasteiger partial charge in [-0.25, -0.2) is 9.78 Å². The Morgan fingerprint density at radius 3 is 2.68 bits per heavy atom. The Bertz CT molecular complexity index is 418. The number of methoxy groups -OCH3 is 2. The topological polar surface area (TPSA) is 57.7 Å². The second-order valence-corrected chi connectivity index (χ2v) is 4.61. The number of hydrogen-bond acceptors (Lipinski definition) is 5. The minimum absolute atomic E-state index is 0.349. The quantitative estimate of drug-likeness (QED) is 0.561. The second kappa shape index (κ2) is 7.61. The molecular formula is C14H21NO4. The SMILES string of the molecule is COC(=O)c1cnc(OC)c(OCCCC(C)C)c1. The Hall–Kier alpha value is -1.78. The van der Waals surface area contributed by atoms with Gasteiger partial charge in [-0.1, -0.05) is 13.8 Å². The molecule has 106 valence electrons. The van der Waals surface area contributed by atoms with E-state index in [-0.39, 0.29) is 0 Å². The van der Waals surface area contributed by atoms with Crippen molar-refractivity contribution in [3.05, 3.63) is 17.8 Å². The smallest absolute Gasteiger partial charge is 0.339 e. The van der Waals surface area contributed by atoms with E-state index in [1.807, 2.05) is 0 Å². The molecular weight excluding hydrogens is 246 g/mol. The van der Waals surface area contributed by atoms with Gasteiger partial charge in [-0.15, -0.1) is 0 Å². The van der Waals surface area contributed by atoms with Crippen LogP contribution < -0.4 is 9.47 Å². The first-order chi connectivity index (χ1) is 9.08. The molecule has 1 aromatic rings. The molecule has 5 nitrogen and oxygen atoms in total. The lowest BCUT2D eigenvalue weighted by Crippen LogP contribution is -2.06. The number of ether oxygens (including phenoxy) is 3. The minimum atomic E-state index is -0.442. The first-order valence-corrected chi connectivity index (χ1v) is 6.33. The van der Waals surface area contributed by atoms with Gasteiger partial charge in [0.25, 0.3) is 5.88 Å². The van der Waals surface area contributed by atoms with Crippen molar-refractivity contribution >= 4 is 5.97 Å². The van der Waals surface area contributed by atoms with Crippen LogP contribution in [0.2, 0.25) is 0 Å². The van der Waals surface area contributed by atoms with Crippen molar-refractivity contribution in [1.82, 2.24) is 4.98 Å². The van der Waals surface area contributed by atoms with Gasteiger partial charge in [0, 0.05) is 12.3 Å². The summed E-state index contributed by atoms with van der Waals surface area (Å²) in [5, 5.41) is 0. The average molecular weight is 267 g/mol. The molecule has 0 atom stereocenters. The highest BCUT2D eigenvalue weighted by molar-refractivity contribution is 5.89. The maximum absolute atomic E-state index is 11.4. The van der Waals surface area contributed by atoms with Crippen molar-refractivity contribution in [2.75, 3.05) is 20.8 Å². The summed E-state index contributed by atoms with van der Waals surface area (Å²) < 4.78 is 15.4. The van der Waals surface area contributed by atoms with E-state index in [1.165, 1.54) is 20.4 Å². The maximum atomic E-state index is 11.4. The van der Waals surface area contributed by atoms with Crippen LogP contribution in [0, 0.1) is 5.92 Å². The van der Waals surface area contributed by atoms with Gasteiger partial charge in [0.05, 0.1) is 26.4 Å². The van der Waals surface area contributed by atoms with E-state index in [9.17, 15) is 4.79 Å². The van der Waals surface area contributed by atoms with Crippen LogP contribution in [-0.2, 0) is 4.74 Å². The summed E-state index contributed by atoms with van der Waals surface area (Å²) in [7, 11) is 2.84. The Morgan fingerprint density at radius 2 is 2.11 bits per heavy atom. The molecule has 0 amide bonds. The number of rotatable bonds is 7. The largest absolute Gasteiger partial charge is 0.488 e. The zero-order valence-corrected chi connectivity index (χ0v) is 11.9. The second-order valence-electron chi connectivity index (χ2n) is 4.61. The van der Waals surface area contributed by atoms with Gasteiger partial charge in [-0.2, -0.15) is 0 Å². The first kappa shape index (κ1) is 15.3. The molecule has 1 aromatic heterocycles. The van der Waals surface area contributed by atoms with Crippen LogP contribution in [0.15, 0.2) is 12.3 Å². The molecule has 0 saturated heterocycles. The zero-order chi connectivity index (χ0) is 14.3. The molecule has 0 bridgehead atoms. The number of carbonyl (C=O) groups excluding carboxylic acids is 1. The standard InChI is InChI=1S/C14H21NO4/c1-10(2)6-5-7-19-12-8-11(14(16)18-4)9-15-13(12)17-3/h8-10H,5-7H2,1-4H3. The molecule has 0 saturated carbocycles. The fourth-order valence-corrected chi connectivity index (χ4v) is 1.59. The summed E-state index contributed by atoms with van der Waals surface area (Å²) in [5.41, 5.74) is 0.349. The molecule has 5 heteroatoms. The molecule has 0 aliphatic heterocycles. The van der Waals surface area contributed by atoms with Gasteiger partial charge in [-0.3, -0.25) is 0 Å². The molecule has 0 aromatic carbocycles. The number of aromatic nitrogens is 1. The lowest BCUT2D eigenvalue weighted by atomic mass is 10.1. The normalized spacial score (nSPS) is 10.4. The van der Waals surface area contributed by atoms with E-state index in [0.29, 0.717) is 29.7 Å². The van der Waals surface area contributed by atoms with E-state index in [2.05, 4.69) is 23.6 Å². The van der Waals surface area contributed by atoms with Crippen molar-refractivity contribution in [3.63, 3.8) is 0 Å². The van der Waals surface area contributed by atoms with Gasteiger partial charge >= 0.3 is 5.97 Å². The number of nitrogens with zero attached hydrogens (tertiary/aromatic N) is 1. The molecule has 0 fully saturated rings. The van der Waals surface area contributed by atoms with Crippen molar-refractivity contribution in [3.8, 4) is 11.6 Å². The summed E-state index contributed by atoms with van der Waals surface area (Å²) in [5.74, 6) is 1.04. The van der Waals surface area contributed by atoms with Crippen molar-refractivity contribution in [1.29, 1.82) is 0 Å². The molecule has 0 unspecified atom stereocenters. The molecule has 0 radical (unpaired) electrons. The van der Waals surface area contributed by atoms with Gasteiger partial charge in [0.15, 0.2) is 5.75 Å². The number of carbonyl (C=O) groups is 1. The Labute approximate surface area is 113 Å². The van der Waals surface area contributed by atoms with E-state index in [4.69, 9.17) is 9.47 Å². The van der Waals surface area contributed by atoms with Gasteiger partial charge < -0.3 is 14.2 Å². The van der Waals surface area contributed by atoms with Crippen LogP contribution in [-0.4, -0.2) is 31.8 Å². The Morgan fingerprint density at radius 1 is 1.37 bits per heavy atom. The molecule has 0 aliphatic rings. The summed E-state index contributed by atoms with van der Waals surface area (Å²) in [6.07, 6.45) is 3.45. The zero-order valence-electron chi connectivity index (χ0n) is 11.9. The number of pyridine rings is 1. The fraction of sp³-hybridized carbons (Fsp3) is 0.571. The van der Waals surface area contributed by atoms with Gasteiger partial charge in [0.1, 0.15) is 0 Å². The third-order valence-electron chi connectivity index (χ3n) is 2.62. The minimum Gasteiger partial charge on any atom is -0.488 e. The summed E-state index contributed by atoms with van der Waals surface area (Å²) in [6.45, 7) is 4.90. The van der Waals surface area contributed by atoms with E-state index in [1.54, 1.807) is 6.07 Å². The molecule has 0 aliphatic carbocycles. The summed E-state index contributed by atoms with van der Waals surface area (Å²) >= 11 is 0. The number of hydrogen-bond donors (Lipinski definition) is 0. The highest BCUT2D eigenvalue weighted by Gasteiger charge is 2.12. The third kappa shape index (κ3) is 4.77. The average Bonchev–Trinajstić information content (AvgIpc) is 2.42. The first-order valence-electron chi connectivity index (χ1n) is 6.33. The van der Waals surface area contributed by atoms with Crippen LogP contribution in [0.3, 0.4) is 0 Å². The van der Waals surface area contributed by atoms with Crippen molar-refractivity contribution in [2.24, 2.45) is 5.92 Å². The van der Waals surface area contributed by atoms with Crippen molar-refractivity contribution in [2.45, 2.75) is 26.7 Å². The highest BCUT2D eigenvalue weighted by Crippen LogP contribution is 2.25. The highest BCUT2D eigenvalue weighted by atomic mass is 16.5. The van der Waals surface area contributed by atoms with E-state index in [0.717, 1.165) is 12.8 Å². The van der Waals surface area contributed by atoms with Crippen LogP contribution >= 0.6 is 0 Å². The third-order valence-corrected chi connectivity index (χ3v) is 2.62. The van der Waals surface area contributed by atoms with E-state index < -0.39 is 5.97 Å². The monoisotopic (exact) mass is 267 g/mol. The van der Waals surface area contributed by atoms with E-state index >= 15 is 0 Å². The van der Waals surface area contributed by atoms with Crippen molar-refractivity contribution < 1.29 is 19.0 Å². The molecule has 0 spiro atoms. The predicted molar refractivity (Wildman–Crippen MR) is 71.7 cm³/mol. The van der Waals surface area contributed by atoms with Crippen LogP contribution in [0.25, 0.3) is 0 Å². The summed E-state index contributed by atoms with van der Waals surface area (Å²) in [4.78, 5) is 15.5. The lowest BCUT2D eigenvalue weighted by molar-refractivity contribution is 0.0599. The Kier molecular flexibility index (Phi) is 6.12. The lowest BCUT2D eigenvalue weighted by Gasteiger charge is -2.11. The number of esters is 1. The Balaban J connectivity index is 2.70. The molecule has 19 heavy (non-hydrogen) atoms. The van der Waals surface area contributed by atoms with Gasteiger partial charge in [-0.05, 0) is 18.8 Å².